The van der Waals surface area contributed by atoms with E-state index in [1.807, 2.05) is 13.8 Å². The van der Waals surface area contributed by atoms with Crippen molar-refractivity contribution in [3.05, 3.63) is 28.5 Å². The van der Waals surface area contributed by atoms with E-state index in [2.05, 4.69) is 16.2 Å². The monoisotopic (exact) mass is 264 g/mol. The van der Waals surface area contributed by atoms with E-state index in [0.29, 0.717) is 10.7 Å². The molecule has 96 valence electrons. The van der Waals surface area contributed by atoms with Crippen LogP contribution >= 0.6 is 11.6 Å². The number of halogens is 1. The lowest BCUT2D eigenvalue weighted by Gasteiger charge is -2.12. The predicted octanol–water partition coefficient (Wildman–Crippen LogP) is 2.83. The Hall–Kier alpha value is -1.53. The molecule has 0 saturated heterocycles. The SMILES string of the molecule is C#CC(CCC)NC(=O)c1cc(Cl)nc(CC)c1. The number of nitrogens with one attached hydrogen (secondary N) is 1. The largest absolute Gasteiger partial charge is 0.338 e. The van der Waals surface area contributed by atoms with Crippen LogP contribution in [0.5, 0.6) is 0 Å². The van der Waals surface area contributed by atoms with Gasteiger partial charge in [0.15, 0.2) is 0 Å². The van der Waals surface area contributed by atoms with Crippen LogP contribution in [-0.4, -0.2) is 16.9 Å². The zero-order valence-electron chi connectivity index (χ0n) is 10.7. The van der Waals surface area contributed by atoms with E-state index in [1.54, 1.807) is 12.1 Å². The Kier molecular flexibility index (Phi) is 5.67. The fraction of sp³-hybridized carbons (Fsp3) is 0.429. The van der Waals surface area contributed by atoms with Crippen molar-refractivity contribution in [1.29, 1.82) is 0 Å². The van der Waals surface area contributed by atoms with Crippen molar-refractivity contribution in [2.75, 3.05) is 0 Å². The van der Waals surface area contributed by atoms with E-state index < -0.39 is 0 Å². The lowest BCUT2D eigenvalue weighted by Crippen LogP contribution is -2.33. The van der Waals surface area contributed by atoms with Crippen LogP contribution in [0, 0.1) is 12.3 Å². The quantitative estimate of drug-likeness (QED) is 0.656. The number of nitrogens with zero attached hydrogens (tertiary/aromatic N) is 1. The minimum Gasteiger partial charge on any atom is -0.338 e. The van der Waals surface area contributed by atoms with Gasteiger partial charge in [-0.1, -0.05) is 37.8 Å². The number of hydrogen-bond donors (Lipinski definition) is 1. The number of carbonyl (C=O) groups is 1. The highest BCUT2D eigenvalue weighted by Gasteiger charge is 2.12. The van der Waals surface area contributed by atoms with Crippen molar-refractivity contribution >= 4 is 17.5 Å². The van der Waals surface area contributed by atoms with Gasteiger partial charge in [0.25, 0.3) is 5.91 Å². The van der Waals surface area contributed by atoms with Gasteiger partial charge in [0.1, 0.15) is 5.15 Å². The van der Waals surface area contributed by atoms with Crippen molar-refractivity contribution in [1.82, 2.24) is 10.3 Å². The Balaban J connectivity index is 2.84. The van der Waals surface area contributed by atoms with Gasteiger partial charge in [0, 0.05) is 11.3 Å². The molecule has 1 rings (SSSR count). The van der Waals surface area contributed by atoms with Gasteiger partial charge in [-0.2, -0.15) is 0 Å². The van der Waals surface area contributed by atoms with Gasteiger partial charge in [-0.05, 0) is 25.0 Å². The molecule has 0 fully saturated rings. The number of aromatic nitrogens is 1. The topological polar surface area (TPSA) is 42.0 Å². The molecule has 0 aliphatic heterocycles. The summed E-state index contributed by atoms with van der Waals surface area (Å²) in [4.78, 5) is 16.1. The first kappa shape index (κ1) is 14.5. The van der Waals surface area contributed by atoms with E-state index in [0.717, 1.165) is 25.0 Å². The van der Waals surface area contributed by atoms with Gasteiger partial charge in [0.2, 0.25) is 0 Å². The maximum absolute atomic E-state index is 12.0. The van der Waals surface area contributed by atoms with Crippen LogP contribution in [0.25, 0.3) is 0 Å². The van der Waals surface area contributed by atoms with Crippen LogP contribution in [-0.2, 0) is 6.42 Å². The molecule has 1 N–H and O–H groups in total. The molecular formula is C14H17ClN2O. The van der Waals surface area contributed by atoms with Crippen molar-refractivity contribution in [3.8, 4) is 12.3 Å². The molecule has 18 heavy (non-hydrogen) atoms. The molecule has 1 atom stereocenters. The third kappa shape index (κ3) is 4.05. The highest BCUT2D eigenvalue weighted by molar-refractivity contribution is 6.29. The molecule has 0 radical (unpaired) electrons. The minimum atomic E-state index is -0.237. The second-order valence-corrected chi connectivity index (χ2v) is 4.39. The standard InChI is InChI=1S/C14H17ClN2O/c1-4-7-11(5-2)17-14(18)10-8-12(6-3)16-13(15)9-10/h2,8-9,11H,4,6-7H2,1,3H3,(H,17,18). The maximum atomic E-state index is 12.0. The molecule has 0 aliphatic carbocycles. The molecule has 0 spiro atoms. The van der Waals surface area contributed by atoms with Crippen LogP contribution < -0.4 is 5.32 Å². The Morgan fingerprint density at radius 3 is 2.83 bits per heavy atom. The van der Waals surface area contributed by atoms with Gasteiger partial charge >= 0.3 is 0 Å². The van der Waals surface area contributed by atoms with Gasteiger partial charge in [-0.15, -0.1) is 6.42 Å². The lowest BCUT2D eigenvalue weighted by molar-refractivity contribution is 0.0944. The molecule has 0 bridgehead atoms. The van der Waals surface area contributed by atoms with Crippen LogP contribution in [0.3, 0.4) is 0 Å². The minimum absolute atomic E-state index is 0.203. The van der Waals surface area contributed by atoms with E-state index in [9.17, 15) is 4.79 Å². The number of pyridine rings is 1. The fourth-order valence-corrected chi connectivity index (χ4v) is 1.82. The average Bonchev–Trinajstić information content (AvgIpc) is 2.37. The fourth-order valence-electron chi connectivity index (χ4n) is 1.59. The summed E-state index contributed by atoms with van der Waals surface area (Å²) >= 11 is 5.87. The second-order valence-electron chi connectivity index (χ2n) is 4.00. The van der Waals surface area contributed by atoms with Crippen LogP contribution in [0.15, 0.2) is 12.1 Å². The van der Waals surface area contributed by atoms with Crippen LogP contribution in [0.2, 0.25) is 5.15 Å². The zero-order chi connectivity index (χ0) is 13.5. The summed E-state index contributed by atoms with van der Waals surface area (Å²) < 4.78 is 0. The van der Waals surface area contributed by atoms with Gasteiger partial charge in [0.05, 0.1) is 6.04 Å². The smallest absolute Gasteiger partial charge is 0.252 e. The summed E-state index contributed by atoms with van der Waals surface area (Å²) in [5.41, 5.74) is 1.30. The highest BCUT2D eigenvalue weighted by atomic mass is 35.5. The molecule has 1 heterocycles. The normalized spacial score (nSPS) is 11.7. The third-order valence-corrected chi connectivity index (χ3v) is 2.75. The van der Waals surface area contributed by atoms with Crippen molar-refractivity contribution in [2.45, 2.75) is 39.2 Å². The molecule has 4 heteroatoms. The van der Waals surface area contributed by atoms with Crippen molar-refractivity contribution in [3.63, 3.8) is 0 Å². The molecule has 1 unspecified atom stereocenters. The van der Waals surface area contributed by atoms with Crippen molar-refractivity contribution < 1.29 is 4.79 Å². The van der Waals surface area contributed by atoms with E-state index in [-0.39, 0.29) is 11.9 Å². The Morgan fingerprint density at radius 1 is 1.56 bits per heavy atom. The Bertz CT molecular complexity index is 465. The van der Waals surface area contributed by atoms with Gasteiger partial charge in [-0.3, -0.25) is 4.79 Å². The third-order valence-electron chi connectivity index (χ3n) is 2.56. The number of amides is 1. The Morgan fingerprint density at radius 2 is 2.28 bits per heavy atom. The van der Waals surface area contributed by atoms with Crippen LogP contribution in [0.1, 0.15) is 42.7 Å². The average molecular weight is 265 g/mol. The number of hydrogen-bond acceptors (Lipinski definition) is 2. The molecule has 0 aliphatic rings. The first-order chi connectivity index (χ1) is 8.60. The number of aryl methyl sites for hydroxylation is 1. The van der Waals surface area contributed by atoms with Crippen molar-refractivity contribution in [2.24, 2.45) is 0 Å². The summed E-state index contributed by atoms with van der Waals surface area (Å²) in [6.07, 6.45) is 7.79. The lowest BCUT2D eigenvalue weighted by atomic mass is 10.1. The maximum Gasteiger partial charge on any atom is 0.252 e. The summed E-state index contributed by atoms with van der Waals surface area (Å²) in [5.74, 6) is 2.36. The summed E-state index contributed by atoms with van der Waals surface area (Å²) in [6.45, 7) is 3.98. The van der Waals surface area contributed by atoms with E-state index in [4.69, 9.17) is 18.0 Å². The molecule has 3 nitrogen and oxygen atoms in total. The molecular weight excluding hydrogens is 248 g/mol. The van der Waals surface area contributed by atoms with Gasteiger partial charge in [-0.25, -0.2) is 4.98 Å². The molecule has 0 aromatic carbocycles. The highest BCUT2D eigenvalue weighted by Crippen LogP contribution is 2.12. The predicted molar refractivity (Wildman–Crippen MR) is 73.6 cm³/mol. The number of rotatable bonds is 5. The summed E-state index contributed by atoms with van der Waals surface area (Å²) in [6, 6.07) is 3.05. The van der Waals surface area contributed by atoms with Gasteiger partial charge < -0.3 is 5.32 Å². The number of carbonyl (C=O) groups excluding carboxylic acids is 1. The second kappa shape index (κ2) is 7.03. The first-order valence-electron chi connectivity index (χ1n) is 6.04. The van der Waals surface area contributed by atoms with Crippen LogP contribution in [0.4, 0.5) is 0 Å². The van der Waals surface area contributed by atoms with E-state index in [1.165, 1.54) is 0 Å². The zero-order valence-corrected chi connectivity index (χ0v) is 11.4. The van der Waals surface area contributed by atoms with E-state index >= 15 is 0 Å². The Labute approximate surface area is 113 Å². The molecule has 1 aromatic heterocycles. The number of terminal acetylenes is 1. The molecule has 1 amide bonds. The molecule has 1 aromatic rings. The molecule has 0 saturated carbocycles. The summed E-state index contributed by atoms with van der Waals surface area (Å²) in [7, 11) is 0. The first-order valence-corrected chi connectivity index (χ1v) is 6.42. The summed E-state index contributed by atoms with van der Waals surface area (Å²) in [5, 5.41) is 3.13.